The molecule has 3 rings (SSSR count). The number of carboxylic acid groups (broad SMARTS) is 1. The molecule has 20 heteroatoms. The lowest BCUT2D eigenvalue weighted by Crippen LogP contribution is -2.60. The number of aliphatic carboxylic acids is 1. The Bertz CT molecular complexity index is 2060. The number of nitrogens with two attached hydrogens (primary N) is 1. The number of imide groups is 1. The second kappa shape index (κ2) is 28.5. The van der Waals surface area contributed by atoms with E-state index in [2.05, 4.69) is 31.9 Å². The summed E-state index contributed by atoms with van der Waals surface area (Å²) in [7, 11) is 1.42. The van der Waals surface area contributed by atoms with Crippen LogP contribution in [0.1, 0.15) is 91.2 Å². The monoisotopic (exact) mass is 980 g/mol. The number of carbonyl (C=O) groups excluding carboxylic acids is 8. The van der Waals surface area contributed by atoms with Crippen LogP contribution in [0.3, 0.4) is 0 Å². The van der Waals surface area contributed by atoms with E-state index in [9.17, 15) is 48.3 Å². The van der Waals surface area contributed by atoms with Crippen LogP contribution in [0.25, 0.3) is 0 Å². The Kier molecular flexibility index (Phi) is 23.6. The number of rotatable bonds is 29. The average Bonchev–Trinajstić information content (AvgIpc) is 3.57. The Balaban J connectivity index is 1.85. The molecular formula is C49H73N9O10S. The van der Waals surface area contributed by atoms with Gasteiger partial charge in [-0.2, -0.15) is 11.8 Å². The van der Waals surface area contributed by atoms with Gasteiger partial charge in [-0.05, 0) is 93.9 Å². The third-order valence-corrected chi connectivity index (χ3v) is 12.3. The maximum atomic E-state index is 14.6. The lowest BCUT2D eigenvalue weighted by molar-refractivity contribution is -0.143. The molecule has 1 heterocycles. The minimum Gasteiger partial charge on any atom is -0.480 e. The smallest absolute Gasteiger partial charge is 0.326 e. The maximum Gasteiger partial charge on any atom is 0.326 e. The summed E-state index contributed by atoms with van der Waals surface area (Å²) in [6, 6.07) is 8.07. The molecule has 1 fully saturated rings. The molecule has 0 spiro atoms. The molecule has 0 saturated carbocycles. The number of carbonyl (C=O) groups is 9. The van der Waals surface area contributed by atoms with Crippen LogP contribution in [-0.2, 0) is 51.2 Å². The number of amides is 9. The summed E-state index contributed by atoms with van der Waals surface area (Å²) >= 11 is 1.43. The fraction of sp³-hybridized carbons (Fsp3) is 0.571. The van der Waals surface area contributed by atoms with Gasteiger partial charge in [0, 0.05) is 19.9 Å². The van der Waals surface area contributed by atoms with Gasteiger partial charge in [0.05, 0.1) is 0 Å². The zero-order valence-corrected chi connectivity index (χ0v) is 41.9. The van der Waals surface area contributed by atoms with E-state index >= 15 is 0 Å². The van der Waals surface area contributed by atoms with Gasteiger partial charge in [-0.3, -0.25) is 33.6 Å². The number of nitrogens with zero attached hydrogens (tertiary/aromatic N) is 2. The zero-order chi connectivity index (χ0) is 51.4. The zero-order valence-electron chi connectivity index (χ0n) is 41.1. The number of nitrogens with one attached hydrogen (secondary N) is 6. The van der Waals surface area contributed by atoms with E-state index in [4.69, 9.17) is 5.73 Å². The summed E-state index contributed by atoms with van der Waals surface area (Å²) in [5.41, 5.74) is 7.27. The first kappa shape index (κ1) is 57.3. The molecule has 9 N–H and O–H groups in total. The topological polar surface area (TPSA) is 279 Å². The largest absolute Gasteiger partial charge is 0.480 e. The molecule has 380 valence electrons. The van der Waals surface area contributed by atoms with Gasteiger partial charge in [0.2, 0.25) is 35.4 Å². The summed E-state index contributed by atoms with van der Waals surface area (Å²) in [6.07, 6.45) is 3.56. The first-order chi connectivity index (χ1) is 32.7. The van der Waals surface area contributed by atoms with E-state index in [-0.39, 0.29) is 50.4 Å². The van der Waals surface area contributed by atoms with Crippen molar-refractivity contribution < 1.29 is 48.3 Å². The molecule has 0 aliphatic carbocycles. The molecule has 0 unspecified atom stereocenters. The number of likely N-dealkylation sites (N-methyl/N-ethyl adjacent to an activating group) is 1. The van der Waals surface area contributed by atoms with Crippen molar-refractivity contribution in [1.29, 1.82) is 0 Å². The van der Waals surface area contributed by atoms with Crippen LogP contribution in [0, 0.1) is 11.8 Å². The Labute approximate surface area is 410 Å². The van der Waals surface area contributed by atoms with Gasteiger partial charge >= 0.3 is 12.0 Å². The van der Waals surface area contributed by atoms with Crippen LogP contribution in [-0.4, -0.2) is 142 Å². The number of thioether (sulfide) groups is 1. The van der Waals surface area contributed by atoms with Crippen LogP contribution in [0.5, 0.6) is 0 Å². The first-order valence-corrected chi connectivity index (χ1v) is 25.0. The van der Waals surface area contributed by atoms with Gasteiger partial charge in [-0.15, -0.1) is 0 Å². The van der Waals surface area contributed by atoms with E-state index in [0.717, 1.165) is 10.5 Å². The number of hydrogen-bond acceptors (Lipinski definition) is 11. The number of carboxylic acids is 1. The Hall–Kier alpha value is -6.02. The predicted octanol–water partition coefficient (Wildman–Crippen LogP) is 2.11. The molecule has 1 aliphatic rings. The van der Waals surface area contributed by atoms with Gasteiger partial charge in [0.25, 0.3) is 5.91 Å². The Morgan fingerprint density at radius 2 is 1.22 bits per heavy atom. The van der Waals surface area contributed by atoms with Crippen molar-refractivity contribution >= 4 is 65.1 Å². The third-order valence-electron chi connectivity index (χ3n) is 11.7. The quantitative estimate of drug-likeness (QED) is 0.0430. The lowest BCUT2D eigenvalue weighted by atomic mass is 10.00. The summed E-state index contributed by atoms with van der Waals surface area (Å²) in [4.78, 5) is 125. The van der Waals surface area contributed by atoms with Gasteiger partial charge < -0.3 is 47.6 Å². The third kappa shape index (κ3) is 18.1. The summed E-state index contributed by atoms with van der Waals surface area (Å²) in [5.74, 6) is -5.70. The van der Waals surface area contributed by atoms with E-state index in [1.54, 1.807) is 30.3 Å². The number of benzene rings is 2. The average molecular weight is 980 g/mol. The van der Waals surface area contributed by atoms with Crippen molar-refractivity contribution in [3.05, 3.63) is 71.8 Å². The molecule has 0 aromatic heterocycles. The molecule has 1 saturated heterocycles. The highest BCUT2D eigenvalue weighted by atomic mass is 32.2. The maximum absolute atomic E-state index is 14.6. The second-order valence-corrected chi connectivity index (χ2v) is 19.4. The van der Waals surface area contributed by atoms with Crippen LogP contribution in [0.2, 0.25) is 0 Å². The Morgan fingerprint density at radius 3 is 1.77 bits per heavy atom. The van der Waals surface area contributed by atoms with Crippen LogP contribution >= 0.6 is 11.8 Å². The summed E-state index contributed by atoms with van der Waals surface area (Å²) < 4.78 is 0. The Morgan fingerprint density at radius 1 is 0.696 bits per heavy atom. The molecule has 1 aliphatic heterocycles. The lowest BCUT2D eigenvalue weighted by Gasteiger charge is -2.33. The van der Waals surface area contributed by atoms with E-state index in [1.165, 1.54) is 37.6 Å². The van der Waals surface area contributed by atoms with Crippen LogP contribution < -0.4 is 37.6 Å². The number of unbranched alkanes of at least 4 members (excludes halogenated alkanes) is 1. The first-order valence-electron chi connectivity index (χ1n) is 23.6. The predicted molar refractivity (Wildman–Crippen MR) is 263 cm³/mol. The van der Waals surface area contributed by atoms with Gasteiger partial charge in [0.15, 0.2) is 0 Å². The highest BCUT2D eigenvalue weighted by Gasteiger charge is 2.45. The van der Waals surface area contributed by atoms with Crippen molar-refractivity contribution in [3.63, 3.8) is 0 Å². The van der Waals surface area contributed by atoms with Gasteiger partial charge in [-0.25, -0.2) is 14.5 Å². The highest BCUT2D eigenvalue weighted by molar-refractivity contribution is 7.98. The minimum absolute atomic E-state index is 0.0181. The van der Waals surface area contributed by atoms with Crippen molar-refractivity contribution in [3.8, 4) is 0 Å². The van der Waals surface area contributed by atoms with Crippen LogP contribution in [0.15, 0.2) is 60.7 Å². The fourth-order valence-corrected chi connectivity index (χ4v) is 8.31. The standard InChI is InChI=1S/C49H73N9O10S/c1-29(2)25-36(54-44(62)39(21-15-16-23-50)58-47(65)37(56-49(58)68)27-33-17-11-9-12-18-33)43(61)53-35(22-24-69-8)46(64)57(7)40(28-34-19-13-10-14-20-34)45(63)52-31(5)41(59)51-32(6)42(60)55-38(48(66)67)26-30(3)4/h9-14,17-20,29-32,35-40H,15-16,21-28,50H2,1-8H3,(H,51,59)(H,52,63)(H,53,61)(H,54,62)(H,55,60)(H,56,68)(H,66,67)/t31-,32-,35-,36-,37-,38-,39+,40-/m0/s1. The minimum atomic E-state index is -1.26. The van der Waals surface area contributed by atoms with Crippen molar-refractivity contribution in [2.45, 2.75) is 141 Å². The van der Waals surface area contributed by atoms with E-state index in [0.29, 0.717) is 30.7 Å². The molecule has 19 nitrogen and oxygen atoms in total. The number of urea groups is 1. The van der Waals surface area contributed by atoms with Crippen molar-refractivity contribution in [1.82, 2.24) is 41.7 Å². The molecule has 2 aromatic carbocycles. The van der Waals surface area contributed by atoms with Gasteiger partial charge in [-0.1, -0.05) is 88.4 Å². The fourth-order valence-electron chi connectivity index (χ4n) is 7.84. The van der Waals surface area contributed by atoms with E-state index < -0.39 is 102 Å². The molecular weight excluding hydrogens is 907 g/mol. The molecule has 0 radical (unpaired) electrons. The summed E-state index contributed by atoms with van der Waals surface area (Å²) in [6.45, 7) is 10.4. The normalized spacial score (nSPS) is 16.6. The van der Waals surface area contributed by atoms with E-state index in [1.807, 2.05) is 64.3 Å². The number of hydrogen-bond donors (Lipinski definition) is 8. The molecule has 69 heavy (non-hydrogen) atoms. The summed E-state index contributed by atoms with van der Waals surface area (Å²) in [5, 5.41) is 25.5. The molecule has 0 bridgehead atoms. The van der Waals surface area contributed by atoms with Crippen molar-refractivity contribution in [2.75, 3.05) is 25.6 Å². The highest BCUT2D eigenvalue weighted by Crippen LogP contribution is 2.20. The van der Waals surface area contributed by atoms with Crippen LogP contribution in [0.4, 0.5) is 4.79 Å². The van der Waals surface area contributed by atoms with Gasteiger partial charge in [0.1, 0.15) is 48.3 Å². The molecule has 2 aromatic rings. The molecule has 9 amide bonds. The van der Waals surface area contributed by atoms with Crippen molar-refractivity contribution in [2.24, 2.45) is 17.6 Å². The second-order valence-electron chi connectivity index (χ2n) is 18.4. The SMILES string of the molecule is CSCC[C@H](NC(=O)[C@H](CC(C)C)NC(=O)[C@@H](CCCCN)N1C(=O)N[C@@H](Cc2ccccc2)C1=O)C(=O)N(C)[C@@H](Cc1ccccc1)C(=O)N[C@@H](C)C(=O)N[C@@H](C)C(=O)N[C@@H](CC(C)C)C(=O)O. The molecule has 8 atom stereocenters.